The molecule has 3 rings (SSSR count). The number of anilines is 1. The molecule has 0 atom stereocenters. The van der Waals surface area contributed by atoms with Gasteiger partial charge in [-0.1, -0.05) is 18.2 Å². The summed E-state index contributed by atoms with van der Waals surface area (Å²) in [7, 11) is -0.756. The Labute approximate surface area is 118 Å². The van der Waals surface area contributed by atoms with Crippen LogP contribution >= 0.6 is 0 Å². The van der Waals surface area contributed by atoms with Gasteiger partial charge in [0, 0.05) is 46.5 Å². The largest absolute Gasteiger partial charge is 0.477 e. The van der Waals surface area contributed by atoms with Crippen LogP contribution < -0.4 is 4.90 Å². The van der Waals surface area contributed by atoms with E-state index in [0.29, 0.717) is 30.1 Å². The highest BCUT2D eigenvalue weighted by Gasteiger charge is 2.19. The number of benzene rings is 1. The van der Waals surface area contributed by atoms with Crippen molar-refractivity contribution in [1.29, 1.82) is 0 Å². The fourth-order valence-corrected chi connectivity index (χ4v) is 3.46. The van der Waals surface area contributed by atoms with Crippen molar-refractivity contribution in [2.24, 2.45) is 0 Å². The third-order valence-corrected chi connectivity index (χ3v) is 4.71. The van der Waals surface area contributed by atoms with Gasteiger partial charge in [0.2, 0.25) is 0 Å². The topological polar surface area (TPSA) is 70.5 Å². The van der Waals surface area contributed by atoms with E-state index in [0.717, 1.165) is 11.1 Å². The van der Waals surface area contributed by atoms with Crippen molar-refractivity contribution in [2.45, 2.75) is 0 Å². The van der Waals surface area contributed by atoms with E-state index >= 15 is 0 Å². The minimum Gasteiger partial charge on any atom is -0.477 e. The fraction of sp³-hybridized carbons (Fsp3) is 0.286. The van der Waals surface area contributed by atoms with Gasteiger partial charge < -0.3 is 10.0 Å². The van der Waals surface area contributed by atoms with Crippen molar-refractivity contribution in [3.05, 3.63) is 36.0 Å². The standard InChI is InChI=1S/C14H14N2O3S/c17-14(18)12-9-13(16-5-7-20(19)8-6-16)10-3-1-2-4-11(10)15-12/h1-4,9H,5-8H2,(H,17,18). The zero-order valence-corrected chi connectivity index (χ0v) is 11.6. The lowest BCUT2D eigenvalue weighted by molar-refractivity contribution is 0.0691. The van der Waals surface area contributed by atoms with Crippen molar-refractivity contribution >= 4 is 33.4 Å². The lowest BCUT2D eigenvalue weighted by atomic mass is 10.1. The van der Waals surface area contributed by atoms with E-state index in [1.807, 2.05) is 24.3 Å². The molecule has 1 aromatic carbocycles. The molecule has 2 aromatic rings. The molecule has 1 saturated heterocycles. The van der Waals surface area contributed by atoms with Gasteiger partial charge in [0.15, 0.2) is 5.69 Å². The lowest BCUT2D eigenvalue weighted by Crippen LogP contribution is -2.38. The molecule has 20 heavy (non-hydrogen) atoms. The van der Waals surface area contributed by atoms with Gasteiger partial charge in [-0.15, -0.1) is 0 Å². The summed E-state index contributed by atoms with van der Waals surface area (Å²) in [6, 6.07) is 9.12. The molecular formula is C14H14N2O3S. The van der Waals surface area contributed by atoms with Crippen LogP contribution in [-0.2, 0) is 10.8 Å². The van der Waals surface area contributed by atoms with E-state index < -0.39 is 16.8 Å². The second-order valence-electron chi connectivity index (χ2n) is 4.68. The monoisotopic (exact) mass is 290 g/mol. The van der Waals surface area contributed by atoms with Crippen LogP contribution in [0.25, 0.3) is 10.9 Å². The van der Waals surface area contributed by atoms with Crippen LogP contribution in [0.1, 0.15) is 10.5 Å². The summed E-state index contributed by atoms with van der Waals surface area (Å²) in [5, 5.41) is 10.1. The molecule has 0 amide bonds. The number of rotatable bonds is 2. The van der Waals surface area contributed by atoms with Crippen LogP contribution in [0.2, 0.25) is 0 Å². The van der Waals surface area contributed by atoms with Crippen LogP contribution in [-0.4, -0.2) is 44.9 Å². The number of pyridine rings is 1. The third-order valence-electron chi connectivity index (χ3n) is 3.43. The van der Waals surface area contributed by atoms with E-state index in [1.54, 1.807) is 6.07 Å². The van der Waals surface area contributed by atoms with Gasteiger partial charge in [0.1, 0.15) is 0 Å². The molecule has 0 bridgehead atoms. The molecule has 2 heterocycles. The Morgan fingerprint density at radius 3 is 2.65 bits per heavy atom. The maximum absolute atomic E-state index is 11.5. The highest BCUT2D eigenvalue weighted by atomic mass is 32.2. The third kappa shape index (κ3) is 2.38. The van der Waals surface area contributed by atoms with E-state index in [4.69, 9.17) is 0 Å². The molecule has 0 saturated carbocycles. The molecular weight excluding hydrogens is 276 g/mol. The first-order valence-corrected chi connectivity index (χ1v) is 7.87. The zero-order valence-electron chi connectivity index (χ0n) is 10.8. The second-order valence-corrected chi connectivity index (χ2v) is 6.38. The van der Waals surface area contributed by atoms with Crippen LogP contribution in [0, 0.1) is 0 Å². The van der Waals surface area contributed by atoms with Crippen molar-refractivity contribution in [3.8, 4) is 0 Å². The molecule has 104 valence electrons. The lowest BCUT2D eigenvalue weighted by Gasteiger charge is -2.29. The first kappa shape index (κ1) is 13.1. The molecule has 6 heteroatoms. The molecule has 1 aliphatic rings. The summed E-state index contributed by atoms with van der Waals surface area (Å²) in [6.45, 7) is 1.36. The van der Waals surface area contributed by atoms with Crippen molar-refractivity contribution in [2.75, 3.05) is 29.5 Å². The van der Waals surface area contributed by atoms with E-state index in [2.05, 4.69) is 9.88 Å². The molecule has 5 nitrogen and oxygen atoms in total. The van der Waals surface area contributed by atoms with Crippen LogP contribution in [0.4, 0.5) is 5.69 Å². The van der Waals surface area contributed by atoms with Crippen molar-refractivity contribution in [3.63, 3.8) is 0 Å². The van der Waals surface area contributed by atoms with Gasteiger partial charge in [0.05, 0.1) is 5.52 Å². The van der Waals surface area contributed by atoms with Crippen molar-refractivity contribution < 1.29 is 14.1 Å². The number of carbonyl (C=O) groups is 1. The average Bonchev–Trinajstić information content (AvgIpc) is 2.47. The van der Waals surface area contributed by atoms with E-state index in [1.165, 1.54) is 0 Å². The second kappa shape index (κ2) is 5.20. The number of hydrogen-bond acceptors (Lipinski definition) is 4. The Bertz CT molecular complexity index is 692. The minimum atomic E-state index is -1.03. The smallest absolute Gasteiger partial charge is 0.354 e. The van der Waals surface area contributed by atoms with Crippen LogP contribution in [0.5, 0.6) is 0 Å². The molecule has 0 aliphatic carbocycles. The van der Waals surface area contributed by atoms with Crippen LogP contribution in [0.3, 0.4) is 0 Å². The summed E-state index contributed by atoms with van der Waals surface area (Å²) in [4.78, 5) is 17.5. The molecule has 0 radical (unpaired) electrons. The van der Waals surface area contributed by atoms with Gasteiger partial charge in [-0.2, -0.15) is 0 Å². The van der Waals surface area contributed by atoms with Gasteiger partial charge in [0.25, 0.3) is 0 Å². The first-order chi connectivity index (χ1) is 9.65. The summed E-state index contributed by atoms with van der Waals surface area (Å²) in [5.41, 5.74) is 1.59. The summed E-state index contributed by atoms with van der Waals surface area (Å²) >= 11 is 0. The predicted octanol–water partition coefficient (Wildman–Crippen LogP) is 1.50. The number of para-hydroxylation sites is 1. The van der Waals surface area contributed by atoms with Gasteiger partial charge in [-0.3, -0.25) is 4.21 Å². The highest BCUT2D eigenvalue weighted by Crippen LogP contribution is 2.27. The Hall–Kier alpha value is -1.95. The molecule has 0 unspecified atom stereocenters. The number of fused-ring (bicyclic) bond motifs is 1. The molecule has 1 aromatic heterocycles. The quantitative estimate of drug-likeness (QED) is 0.907. The van der Waals surface area contributed by atoms with E-state index in [-0.39, 0.29) is 5.69 Å². The first-order valence-electron chi connectivity index (χ1n) is 6.38. The maximum Gasteiger partial charge on any atom is 0.354 e. The van der Waals surface area contributed by atoms with E-state index in [9.17, 15) is 14.1 Å². The maximum atomic E-state index is 11.5. The van der Waals surface area contributed by atoms with Crippen LogP contribution in [0.15, 0.2) is 30.3 Å². The zero-order chi connectivity index (χ0) is 14.1. The normalized spacial score (nSPS) is 16.5. The minimum absolute atomic E-state index is 0.0467. The molecule has 1 N–H and O–H groups in total. The molecule has 1 aliphatic heterocycles. The number of aromatic nitrogens is 1. The Morgan fingerprint density at radius 2 is 1.95 bits per heavy atom. The highest BCUT2D eigenvalue weighted by molar-refractivity contribution is 7.85. The number of nitrogens with zero attached hydrogens (tertiary/aromatic N) is 2. The fourth-order valence-electron chi connectivity index (χ4n) is 2.41. The number of hydrogen-bond donors (Lipinski definition) is 1. The number of aromatic carboxylic acids is 1. The van der Waals surface area contributed by atoms with Gasteiger partial charge in [-0.05, 0) is 12.1 Å². The van der Waals surface area contributed by atoms with Crippen molar-refractivity contribution in [1.82, 2.24) is 4.98 Å². The Morgan fingerprint density at radius 1 is 1.25 bits per heavy atom. The van der Waals surface area contributed by atoms with Gasteiger partial charge >= 0.3 is 5.97 Å². The summed E-state index contributed by atoms with van der Waals surface area (Å²) in [5.74, 6) is 0.218. The Balaban J connectivity index is 2.12. The molecule has 1 fully saturated rings. The number of carboxylic acid groups (broad SMARTS) is 1. The molecule has 0 spiro atoms. The number of carboxylic acids is 1. The Kier molecular flexibility index (Phi) is 3.40. The summed E-state index contributed by atoms with van der Waals surface area (Å²) < 4.78 is 11.5. The average molecular weight is 290 g/mol. The van der Waals surface area contributed by atoms with Gasteiger partial charge in [-0.25, -0.2) is 9.78 Å². The SMILES string of the molecule is O=C(O)c1cc(N2CCS(=O)CC2)c2ccccc2n1. The predicted molar refractivity (Wildman–Crippen MR) is 78.8 cm³/mol. The summed E-state index contributed by atoms with van der Waals surface area (Å²) in [6.07, 6.45) is 0.